The van der Waals surface area contributed by atoms with E-state index in [1.54, 1.807) is 11.8 Å². The van der Waals surface area contributed by atoms with Gasteiger partial charge in [0.25, 0.3) is 5.91 Å². The van der Waals surface area contributed by atoms with Gasteiger partial charge >= 0.3 is 0 Å². The first-order valence-electron chi connectivity index (χ1n) is 10.4. The van der Waals surface area contributed by atoms with Crippen LogP contribution in [-0.2, 0) is 4.79 Å². The standard InChI is InChI=1S/C26H26N2O2S/c1-17(2)22-9-4-5-10-23(22)28-24(29)16-31-26(28)20-7-6-8-21(15-20)27-25(30)19-13-11-18(3)12-14-19/h4-15,17,26H,16H2,1-3H3,(H,27,30)/t26-/m1/s1. The SMILES string of the molecule is Cc1ccc(C(=O)Nc2cccc([C@H]3SCC(=O)N3c3ccccc3C(C)C)c2)cc1. The highest BCUT2D eigenvalue weighted by Crippen LogP contribution is 2.44. The fraction of sp³-hybridized carbons (Fsp3) is 0.231. The molecule has 158 valence electrons. The van der Waals surface area contributed by atoms with Crippen LogP contribution >= 0.6 is 11.8 Å². The lowest BCUT2D eigenvalue weighted by molar-refractivity contribution is -0.115. The van der Waals surface area contributed by atoms with E-state index >= 15 is 0 Å². The number of nitrogens with one attached hydrogen (secondary N) is 1. The van der Waals surface area contributed by atoms with Gasteiger partial charge in [-0.05, 0) is 54.3 Å². The Hall–Kier alpha value is -3.05. The van der Waals surface area contributed by atoms with Crippen molar-refractivity contribution >= 4 is 35.0 Å². The molecule has 1 fully saturated rings. The summed E-state index contributed by atoms with van der Waals surface area (Å²) in [4.78, 5) is 27.4. The number of nitrogens with zero attached hydrogens (tertiary/aromatic N) is 1. The van der Waals surface area contributed by atoms with Crippen molar-refractivity contribution in [2.45, 2.75) is 32.1 Å². The van der Waals surface area contributed by atoms with Crippen LogP contribution < -0.4 is 10.2 Å². The maximum Gasteiger partial charge on any atom is 0.255 e. The Balaban J connectivity index is 1.61. The zero-order valence-electron chi connectivity index (χ0n) is 18.0. The molecule has 31 heavy (non-hydrogen) atoms. The van der Waals surface area contributed by atoms with Crippen LogP contribution in [0.1, 0.15) is 52.2 Å². The van der Waals surface area contributed by atoms with E-state index in [2.05, 4.69) is 25.2 Å². The van der Waals surface area contributed by atoms with Crippen LogP contribution in [0.3, 0.4) is 0 Å². The molecule has 0 aromatic heterocycles. The van der Waals surface area contributed by atoms with Gasteiger partial charge in [-0.1, -0.05) is 61.9 Å². The van der Waals surface area contributed by atoms with Crippen molar-refractivity contribution in [1.82, 2.24) is 0 Å². The quantitative estimate of drug-likeness (QED) is 0.528. The molecule has 1 aliphatic rings. The van der Waals surface area contributed by atoms with E-state index in [9.17, 15) is 9.59 Å². The third kappa shape index (κ3) is 4.52. The Morgan fingerprint density at radius 1 is 1.03 bits per heavy atom. The fourth-order valence-corrected chi connectivity index (χ4v) is 4.96. The van der Waals surface area contributed by atoms with Crippen molar-refractivity contribution in [3.8, 4) is 0 Å². The monoisotopic (exact) mass is 430 g/mol. The highest BCUT2D eigenvalue weighted by atomic mass is 32.2. The molecule has 0 radical (unpaired) electrons. The number of rotatable bonds is 5. The Morgan fingerprint density at radius 2 is 1.77 bits per heavy atom. The molecule has 3 aromatic rings. The molecule has 1 aliphatic heterocycles. The molecule has 4 nitrogen and oxygen atoms in total. The number of hydrogen-bond acceptors (Lipinski definition) is 3. The molecule has 5 heteroatoms. The Bertz CT molecular complexity index is 1110. The summed E-state index contributed by atoms with van der Waals surface area (Å²) in [7, 11) is 0. The van der Waals surface area contributed by atoms with Crippen molar-refractivity contribution in [1.29, 1.82) is 0 Å². The molecule has 4 rings (SSSR count). The minimum Gasteiger partial charge on any atom is -0.322 e. The van der Waals surface area contributed by atoms with Crippen LogP contribution in [0.4, 0.5) is 11.4 Å². The third-order valence-corrected chi connectivity index (χ3v) is 6.64. The Kier molecular flexibility index (Phi) is 6.14. The second kappa shape index (κ2) is 8.98. The van der Waals surface area contributed by atoms with Gasteiger partial charge in [0.1, 0.15) is 5.37 Å². The van der Waals surface area contributed by atoms with Crippen LogP contribution in [0.15, 0.2) is 72.8 Å². The smallest absolute Gasteiger partial charge is 0.255 e. The van der Waals surface area contributed by atoms with Crippen molar-refractivity contribution in [3.05, 3.63) is 95.1 Å². The maximum atomic E-state index is 12.8. The summed E-state index contributed by atoms with van der Waals surface area (Å²) in [5.74, 6) is 0.721. The minimum atomic E-state index is -0.144. The molecule has 0 bridgehead atoms. The number of benzene rings is 3. The van der Waals surface area contributed by atoms with Gasteiger partial charge in [0.05, 0.1) is 5.75 Å². The van der Waals surface area contributed by atoms with Crippen LogP contribution in [0.5, 0.6) is 0 Å². The number of thioether (sulfide) groups is 1. The van der Waals surface area contributed by atoms with Crippen LogP contribution in [0.2, 0.25) is 0 Å². The number of anilines is 2. The molecule has 2 amide bonds. The van der Waals surface area contributed by atoms with Crippen LogP contribution in [0, 0.1) is 6.92 Å². The summed E-state index contributed by atoms with van der Waals surface area (Å²) in [6, 6.07) is 23.4. The first kappa shape index (κ1) is 21.2. The molecule has 0 saturated carbocycles. The summed E-state index contributed by atoms with van der Waals surface area (Å²) in [6.07, 6.45) is 0. The van der Waals surface area contributed by atoms with Gasteiger partial charge in [-0.2, -0.15) is 0 Å². The zero-order chi connectivity index (χ0) is 22.0. The van der Waals surface area contributed by atoms with E-state index in [1.165, 1.54) is 0 Å². The van der Waals surface area contributed by atoms with Crippen molar-refractivity contribution in [3.63, 3.8) is 0 Å². The fourth-order valence-electron chi connectivity index (χ4n) is 3.80. The van der Waals surface area contributed by atoms with Crippen molar-refractivity contribution in [2.24, 2.45) is 0 Å². The summed E-state index contributed by atoms with van der Waals surface area (Å²) < 4.78 is 0. The van der Waals surface area contributed by atoms with E-state index < -0.39 is 0 Å². The number of para-hydroxylation sites is 1. The van der Waals surface area contributed by atoms with Gasteiger partial charge in [0.15, 0.2) is 0 Å². The normalized spacial score (nSPS) is 16.1. The van der Waals surface area contributed by atoms with E-state index in [1.807, 2.05) is 78.6 Å². The number of aryl methyl sites for hydroxylation is 1. The van der Waals surface area contributed by atoms with Crippen LogP contribution in [0.25, 0.3) is 0 Å². The molecular weight excluding hydrogens is 404 g/mol. The van der Waals surface area contributed by atoms with E-state index in [4.69, 9.17) is 0 Å². The first-order chi connectivity index (χ1) is 14.9. The largest absolute Gasteiger partial charge is 0.322 e. The molecule has 0 aliphatic carbocycles. The Labute approximate surface area is 187 Å². The third-order valence-electron chi connectivity index (χ3n) is 5.43. The van der Waals surface area contributed by atoms with Crippen molar-refractivity contribution in [2.75, 3.05) is 16.0 Å². The molecule has 1 atom stereocenters. The van der Waals surface area contributed by atoms with Gasteiger partial charge in [-0.3, -0.25) is 14.5 Å². The Morgan fingerprint density at radius 3 is 2.52 bits per heavy atom. The molecular formula is C26H26N2O2S. The van der Waals surface area contributed by atoms with E-state index in [-0.39, 0.29) is 17.2 Å². The molecule has 0 spiro atoms. The summed E-state index contributed by atoms with van der Waals surface area (Å²) in [5, 5.41) is 2.86. The number of carbonyl (C=O) groups excluding carboxylic acids is 2. The number of carbonyl (C=O) groups is 2. The van der Waals surface area contributed by atoms with E-state index in [0.29, 0.717) is 17.2 Å². The lowest BCUT2D eigenvalue weighted by atomic mass is 10.00. The zero-order valence-corrected chi connectivity index (χ0v) is 18.8. The molecule has 3 aromatic carbocycles. The molecule has 1 saturated heterocycles. The summed E-state index contributed by atoms with van der Waals surface area (Å²) >= 11 is 1.62. The summed E-state index contributed by atoms with van der Waals surface area (Å²) in [5.41, 5.74) is 5.58. The topological polar surface area (TPSA) is 49.4 Å². The highest BCUT2D eigenvalue weighted by molar-refractivity contribution is 8.00. The average Bonchev–Trinajstić information content (AvgIpc) is 3.15. The van der Waals surface area contributed by atoms with Gasteiger partial charge in [0, 0.05) is 16.9 Å². The summed E-state index contributed by atoms with van der Waals surface area (Å²) in [6.45, 7) is 6.28. The highest BCUT2D eigenvalue weighted by Gasteiger charge is 2.35. The maximum absolute atomic E-state index is 12.8. The lowest BCUT2D eigenvalue weighted by Gasteiger charge is -2.28. The molecule has 1 heterocycles. The van der Waals surface area contributed by atoms with Gasteiger partial charge in [-0.15, -0.1) is 11.8 Å². The van der Waals surface area contributed by atoms with Gasteiger partial charge < -0.3 is 5.32 Å². The predicted octanol–water partition coefficient (Wildman–Crippen LogP) is 6.15. The first-order valence-corrected chi connectivity index (χ1v) is 11.5. The van der Waals surface area contributed by atoms with Gasteiger partial charge in [0.2, 0.25) is 5.91 Å². The van der Waals surface area contributed by atoms with Gasteiger partial charge in [-0.25, -0.2) is 0 Å². The van der Waals surface area contributed by atoms with Crippen molar-refractivity contribution < 1.29 is 9.59 Å². The second-order valence-corrected chi connectivity index (χ2v) is 9.15. The van der Waals surface area contributed by atoms with E-state index in [0.717, 1.165) is 28.1 Å². The predicted molar refractivity (Wildman–Crippen MR) is 129 cm³/mol. The lowest BCUT2D eigenvalue weighted by Crippen LogP contribution is -2.29. The van der Waals surface area contributed by atoms with Crippen LogP contribution in [-0.4, -0.2) is 17.6 Å². The molecule has 0 unspecified atom stereocenters. The minimum absolute atomic E-state index is 0.109. The number of amides is 2. The number of hydrogen-bond donors (Lipinski definition) is 1. The molecule has 1 N–H and O–H groups in total. The second-order valence-electron chi connectivity index (χ2n) is 8.09. The average molecular weight is 431 g/mol.